The van der Waals surface area contributed by atoms with Crippen molar-refractivity contribution in [1.82, 2.24) is 0 Å². The minimum Gasteiger partial charge on any atom is -0.494 e. The van der Waals surface area contributed by atoms with Crippen molar-refractivity contribution in [2.75, 3.05) is 6.61 Å². The highest BCUT2D eigenvalue weighted by Crippen LogP contribution is 2.24. The zero-order valence-corrected chi connectivity index (χ0v) is 8.62. The van der Waals surface area contributed by atoms with Gasteiger partial charge in [0.2, 0.25) is 0 Å². The third-order valence-electron chi connectivity index (χ3n) is 2.76. The minimum atomic E-state index is 0.333. The van der Waals surface area contributed by atoms with Gasteiger partial charge < -0.3 is 10.5 Å². The van der Waals surface area contributed by atoms with Crippen LogP contribution in [0.25, 0.3) is 0 Å². The lowest BCUT2D eigenvalue weighted by molar-refractivity contribution is 0.339. The van der Waals surface area contributed by atoms with Crippen molar-refractivity contribution >= 4 is 0 Å². The number of ether oxygens (including phenoxy) is 1. The summed E-state index contributed by atoms with van der Waals surface area (Å²) in [5.41, 5.74) is 8.74. The molecule has 1 aromatic carbocycles. The molecule has 1 aromatic rings. The minimum absolute atomic E-state index is 0.333. The van der Waals surface area contributed by atoms with Gasteiger partial charge in [0.25, 0.3) is 0 Å². The van der Waals surface area contributed by atoms with Crippen molar-refractivity contribution in [3.63, 3.8) is 0 Å². The Labute approximate surface area is 85.1 Å². The van der Waals surface area contributed by atoms with Crippen molar-refractivity contribution in [2.24, 2.45) is 5.73 Å². The molecule has 1 aliphatic rings. The Morgan fingerprint density at radius 1 is 1.43 bits per heavy atom. The molecule has 76 valence electrons. The zero-order valence-electron chi connectivity index (χ0n) is 8.62. The van der Waals surface area contributed by atoms with Crippen LogP contribution in [-0.2, 0) is 12.8 Å². The summed E-state index contributed by atoms with van der Waals surface area (Å²) in [6, 6.07) is 6.70. The van der Waals surface area contributed by atoms with Crippen LogP contribution in [0.3, 0.4) is 0 Å². The average molecular weight is 191 g/mol. The fourth-order valence-electron chi connectivity index (χ4n) is 2.02. The first-order chi connectivity index (χ1) is 6.79. The molecule has 2 heteroatoms. The molecule has 0 spiro atoms. The molecule has 0 saturated heterocycles. The summed E-state index contributed by atoms with van der Waals surface area (Å²) in [6.07, 6.45) is 3.22. The lowest BCUT2D eigenvalue weighted by Crippen LogP contribution is -2.27. The van der Waals surface area contributed by atoms with Gasteiger partial charge in [-0.05, 0) is 49.4 Å². The molecule has 0 aromatic heterocycles. The lowest BCUT2D eigenvalue weighted by Gasteiger charge is -2.21. The Hall–Kier alpha value is -1.02. The van der Waals surface area contributed by atoms with Crippen LogP contribution in [0.4, 0.5) is 0 Å². The second kappa shape index (κ2) is 4.01. The molecule has 2 N–H and O–H groups in total. The largest absolute Gasteiger partial charge is 0.494 e. The van der Waals surface area contributed by atoms with Gasteiger partial charge in [-0.15, -0.1) is 0 Å². The van der Waals surface area contributed by atoms with Gasteiger partial charge in [0, 0.05) is 6.04 Å². The van der Waals surface area contributed by atoms with Crippen molar-refractivity contribution in [3.05, 3.63) is 29.3 Å². The normalized spacial score (nSPS) is 20.3. The quantitative estimate of drug-likeness (QED) is 0.775. The summed E-state index contributed by atoms with van der Waals surface area (Å²) in [5, 5.41) is 0. The van der Waals surface area contributed by atoms with Gasteiger partial charge in [0.05, 0.1) is 6.61 Å². The van der Waals surface area contributed by atoms with Crippen molar-refractivity contribution in [2.45, 2.75) is 32.2 Å². The van der Waals surface area contributed by atoms with E-state index < -0.39 is 0 Å². The topological polar surface area (TPSA) is 35.2 Å². The average Bonchev–Trinajstić information content (AvgIpc) is 2.17. The standard InChI is InChI=1S/C12H17NO/c1-2-14-12-6-4-9-3-5-11(13)7-10(9)8-12/h4,6,8,11H,2-3,5,7,13H2,1H3/t11-/m0/s1. The van der Waals surface area contributed by atoms with E-state index in [-0.39, 0.29) is 0 Å². The summed E-state index contributed by atoms with van der Waals surface area (Å²) in [5.74, 6) is 0.973. The van der Waals surface area contributed by atoms with Crippen LogP contribution in [0.5, 0.6) is 5.75 Å². The van der Waals surface area contributed by atoms with E-state index in [1.807, 2.05) is 6.92 Å². The van der Waals surface area contributed by atoms with Crippen LogP contribution in [-0.4, -0.2) is 12.6 Å². The van der Waals surface area contributed by atoms with E-state index in [1.54, 1.807) is 0 Å². The van der Waals surface area contributed by atoms with Crippen molar-refractivity contribution < 1.29 is 4.74 Å². The van der Waals surface area contributed by atoms with Gasteiger partial charge in [-0.1, -0.05) is 6.07 Å². The molecular formula is C12H17NO. The van der Waals surface area contributed by atoms with Gasteiger partial charge in [0.15, 0.2) is 0 Å². The number of aryl methyl sites for hydroxylation is 1. The van der Waals surface area contributed by atoms with E-state index in [4.69, 9.17) is 10.5 Å². The zero-order chi connectivity index (χ0) is 9.97. The lowest BCUT2D eigenvalue weighted by atomic mass is 9.89. The fourth-order valence-corrected chi connectivity index (χ4v) is 2.02. The Kier molecular flexibility index (Phi) is 2.73. The Balaban J connectivity index is 2.24. The number of nitrogens with two attached hydrogens (primary N) is 1. The molecule has 0 radical (unpaired) electrons. The van der Waals surface area contributed by atoms with Crippen molar-refractivity contribution in [3.8, 4) is 5.75 Å². The van der Waals surface area contributed by atoms with Gasteiger partial charge in [-0.2, -0.15) is 0 Å². The SMILES string of the molecule is CCOc1ccc2c(c1)C[C@@H](N)CC2. The summed E-state index contributed by atoms with van der Waals surface area (Å²) >= 11 is 0. The molecule has 0 bridgehead atoms. The number of rotatable bonds is 2. The maximum atomic E-state index is 5.93. The third kappa shape index (κ3) is 1.90. The summed E-state index contributed by atoms with van der Waals surface area (Å²) in [4.78, 5) is 0. The molecule has 2 nitrogen and oxygen atoms in total. The van der Waals surface area contributed by atoms with Gasteiger partial charge >= 0.3 is 0 Å². The highest BCUT2D eigenvalue weighted by Gasteiger charge is 2.15. The van der Waals surface area contributed by atoms with Crippen LogP contribution in [0.1, 0.15) is 24.5 Å². The molecular weight excluding hydrogens is 174 g/mol. The Morgan fingerprint density at radius 2 is 2.29 bits per heavy atom. The number of hydrogen-bond donors (Lipinski definition) is 1. The molecule has 0 unspecified atom stereocenters. The monoisotopic (exact) mass is 191 g/mol. The Bertz CT molecular complexity index is 322. The van der Waals surface area contributed by atoms with E-state index in [2.05, 4.69) is 18.2 Å². The molecule has 2 rings (SSSR count). The summed E-state index contributed by atoms with van der Waals surface area (Å²) < 4.78 is 5.47. The van der Waals surface area contributed by atoms with Crippen LogP contribution < -0.4 is 10.5 Å². The van der Waals surface area contributed by atoms with Gasteiger partial charge in [-0.25, -0.2) is 0 Å². The highest BCUT2D eigenvalue weighted by atomic mass is 16.5. The van der Waals surface area contributed by atoms with E-state index in [1.165, 1.54) is 11.1 Å². The first-order valence-electron chi connectivity index (χ1n) is 5.29. The maximum absolute atomic E-state index is 5.93. The number of hydrogen-bond acceptors (Lipinski definition) is 2. The molecule has 1 atom stereocenters. The molecule has 1 aliphatic carbocycles. The third-order valence-corrected chi connectivity index (χ3v) is 2.76. The van der Waals surface area contributed by atoms with Crippen LogP contribution >= 0.6 is 0 Å². The second-order valence-electron chi connectivity index (χ2n) is 3.87. The van der Waals surface area contributed by atoms with E-state index in [0.717, 1.165) is 31.6 Å². The molecule has 0 fully saturated rings. The second-order valence-corrected chi connectivity index (χ2v) is 3.87. The smallest absolute Gasteiger partial charge is 0.119 e. The van der Waals surface area contributed by atoms with Crippen LogP contribution in [0.2, 0.25) is 0 Å². The van der Waals surface area contributed by atoms with E-state index in [9.17, 15) is 0 Å². The maximum Gasteiger partial charge on any atom is 0.119 e. The van der Waals surface area contributed by atoms with E-state index >= 15 is 0 Å². The highest BCUT2D eigenvalue weighted by molar-refractivity contribution is 5.37. The van der Waals surface area contributed by atoms with E-state index in [0.29, 0.717) is 6.04 Å². The van der Waals surface area contributed by atoms with Gasteiger partial charge in [-0.3, -0.25) is 0 Å². The molecule has 0 amide bonds. The van der Waals surface area contributed by atoms with Gasteiger partial charge in [0.1, 0.15) is 5.75 Å². The molecule has 14 heavy (non-hydrogen) atoms. The number of benzene rings is 1. The Morgan fingerprint density at radius 3 is 3.07 bits per heavy atom. The molecule has 0 aliphatic heterocycles. The first kappa shape index (κ1) is 9.53. The predicted octanol–water partition coefficient (Wildman–Crippen LogP) is 1.90. The number of fused-ring (bicyclic) bond motifs is 1. The molecule has 0 heterocycles. The summed E-state index contributed by atoms with van der Waals surface area (Å²) in [7, 11) is 0. The predicted molar refractivity (Wildman–Crippen MR) is 57.6 cm³/mol. The van der Waals surface area contributed by atoms with Crippen LogP contribution in [0, 0.1) is 0 Å². The molecule has 0 saturated carbocycles. The van der Waals surface area contributed by atoms with Crippen LogP contribution in [0.15, 0.2) is 18.2 Å². The van der Waals surface area contributed by atoms with Crippen molar-refractivity contribution in [1.29, 1.82) is 0 Å². The first-order valence-corrected chi connectivity index (χ1v) is 5.29. The fraction of sp³-hybridized carbons (Fsp3) is 0.500. The summed E-state index contributed by atoms with van der Waals surface area (Å²) in [6.45, 7) is 2.73.